The predicted molar refractivity (Wildman–Crippen MR) is 72.2 cm³/mol. The van der Waals surface area contributed by atoms with Crippen LogP contribution in [0.5, 0.6) is 0 Å². The van der Waals surface area contributed by atoms with Gasteiger partial charge in [0.1, 0.15) is 5.82 Å². The van der Waals surface area contributed by atoms with Crippen LogP contribution in [-0.2, 0) is 14.8 Å². The van der Waals surface area contributed by atoms with E-state index in [2.05, 4.69) is 4.72 Å². The maximum Gasteiger partial charge on any atom is 0.307 e. The third-order valence-corrected chi connectivity index (χ3v) is 4.15. The highest BCUT2D eigenvalue weighted by atomic mass is 32.2. The lowest BCUT2D eigenvalue weighted by Crippen LogP contribution is -2.33. The summed E-state index contributed by atoms with van der Waals surface area (Å²) in [6.07, 6.45) is 0.362. The topological polar surface area (TPSA) is 83.5 Å². The Morgan fingerprint density at radius 3 is 2.55 bits per heavy atom. The Kier molecular flexibility index (Phi) is 5.64. The summed E-state index contributed by atoms with van der Waals surface area (Å²) in [4.78, 5) is 10.8. The van der Waals surface area contributed by atoms with E-state index in [4.69, 9.17) is 5.11 Å². The number of carboxylic acid groups (broad SMARTS) is 1. The van der Waals surface area contributed by atoms with E-state index in [9.17, 15) is 17.6 Å². The lowest BCUT2D eigenvalue weighted by molar-refractivity contribution is -0.142. The Hall–Kier alpha value is -1.47. The summed E-state index contributed by atoms with van der Waals surface area (Å²) in [5, 5.41) is 9.04. The molecule has 0 spiro atoms. The monoisotopic (exact) mass is 303 g/mol. The molecule has 0 fully saturated rings. The second-order valence-electron chi connectivity index (χ2n) is 4.97. The first kappa shape index (κ1) is 16.6. The van der Waals surface area contributed by atoms with Crippen molar-refractivity contribution in [3.05, 3.63) is 30.1 Å². The van der Waals surface area contributed by atoms with Crippen molar-refractivity contribution in [3.8, 4) is 0 Å². The molecule has 1 rings (SSSR count). The average Bonchev–Trinajstić information content (AvgIpc) is 2.33. The summed E-state index contributed by atoms with van der Waals surface area (Å²) in [6.45, 7) is 3.50. The molecule has 0 heterocycles. The molecule has 1 aromatic carbocycles. The van der Waals surface area contributed by atoms with Crippen molar-refractivity contribution >= 4 is 16.0 Å². The summed E-state index contributed by atoms with van der Waals surface area (Å²) in [5.74, 6) is -2.39. The van der Waals surface area contributed by atoms with Crippen LogP contribution >= 0.6 is 0 Å². The molecule has 20 heavy (non-hydrogen) atoms. The van der Waals surface area contributed by atoms with E-state index < -0.39 is 27.7 Å². The van der Waals surface area contributed by atoms with Gasteiger partial charge in [0.15, 0.2) is 0 Å². The van der Waals surface area contributed by atoms with E-state index in [1.54, 1.807) is 0 Å². The molecule has 0 radical (unpaired) electrons. The van der Waals surface area contributed by atoms with E-state index in [1.165, 1.54) is 12.1 Å². The number of halogens is 1. The van der Waals surface area contributed by atoms with Crippen molar-refractivity contribution in [2.24, 2.45) is 11.8 Å². The number of carboxylic acids is 1. The first-order valence-corrected chi connectivity index (χ1v) is 7.68. The van der Waals surface area contributed by atoms with Gasteiger partial charge >= 0.3 is 5.97 Å². The molecule has 0 saturated heterocycles. The number of sulfonamides is 1. The maximum atomic E-state index is 13.0. The van der Waals surface area contributed by atoms with E-state index in [1.807, 2.05) is 13.8 Å². The van der Waals surface area contributed by atoms with Crippen molar-refractivity contribution in [1.29, 1.82) is 0 Å². The number of hydrogen-bond acceptors (Lipinski definition) is 3. The van der Waals surface area contributed by atoms with Crippen molar-refractivity contribution in [2.75, 3.05) is 6.54 Å². The number of hydrogen-bond donors (Lipinski definition) is 2. The molecule has 0 bridgehead atoms. The third-order valence-electron chi connectivity index (χ3n) is 2.73. The number of nitrogens with one attached hydrogen (secondary N) is 1. The molecule has 0 aliphatic rings. The molecule has 2 N–H and O–H groups in total. The lowest BCUT2D eigenvalue weighted by atomic mass is 9.98. The van der Waals surface area contributed by atoms with E-state index in [0.29, 0.717) is 6.42 Å². The highest BCUT2D eigenvalue weighted by Gasteiger charge is 2.22. The fraction of sp³-hybridized carbons (Fsp3) is 0.462. The molecule has 112 valence electrons. The molecule has 7 heteroatoms. The van der Waals surface area contributed by atoms with Gasteiger partial charge in [-0.05, 0) is 30.5 Å². The molecule has 1 aromatic rings. The molecule has 1 unspecified atom stereocenters. The van der Waals surface area contributed by atoms with Crippen molar-refractivity contribution in [3.63, 3.8) is 0 Å². The SMILES string of the molecule is CC(C)CC(CNS(=O)(=O)c1cccc(F)c1)C(=O)O. The van der Waals surface area contributed by atoms with Crippen LogP contribution in [-0.4, -0.2) is 26.0 Å². The molecule has 5 nitrogen and oxygen atoms in total. The fourth-order valence-corrected chi connectivity index (χ4v) is 2.88. The summed E-state index contributed by atoms with van der Waals surface area (Å²) < 4.78 is 39.1. The minimum Gasteiger partial charge on any atom is -0.481 e. The molecule has 0 aliphatic heterocycles. The van der Waals surface area contributed by atoms with E-state index >= 15 is 0 Å². The zero-order valence-electron chi connectivity index (χ0n) is 11.3. The summed E-state index contributed by atoms with van der Waals surface area (Å²) >= 11 is 0. The zero-order valence-corrected chi connectivity index (χ0v) is 12.2. The van der Waals surface area contributed by atoms with Gasteiger partial charge in [-0.1, -0.05) is 19.9 Å². The van der Waals surface area contributed by atoms with Crippen LogP contribution in [0.3, 0.4) is 0 Å². The van der Waals surface area contributed by atoms with Crippen LogP contribution in [0.15, 0.2) is 29.2 Å². The number of aliphatic carboxylic acids is 1. The van der Waals surface area contributed by atoms with Gasteiger partial charge in [-0.2, -0.15) is 0 Å². The molecule has 0 aromatic heterocycles. The number of benzene rings is 1. The van der Waals surface area contributed by atoms with Crippen LogP contribution in [0.4, 0.5) is 4.39 Å². The first-order chi connectivity index (χ1) is 9.22. The number of carbonyl (C=O) groups is 1. The second-order valence-corrected chi connectivity index (χ2v) is 6.74. The molecule has 1 atom stereocenters. The molecule has 0 saturated carbocycles. The van der Waals surface area contributed by atoms with Gasteiger partial charge in [-0.25, -0.2) is 17.5 Å². The van der Waals surface area contributed by atoms with Gasteiger partial charge in [-0.3, -0.25) is 4.79 Å². The minimum atomic E-state index is -3.90. The second kappa shape index (κ2) is 6.81. The van der Waals surface area contributed by atoms with Crippen LogP contribution in [0.1, 0.15) is 20.3 Å². The average molecular weight is 303 g/mol. The van der Waals surface area contributed by atoms with Gasteiger partial charge < -0.3 is 5.11 Å². The van der Waals surface area contributed by atoms with Gasteiger partial charge in [0.25, 0.3) is 0 Å². The largest absolute Gasteiger partial charge is 0.481 e. The van der Waals surface area contributed by atoms with Crippen molar-refractivity contribution in [2.45, 2.75) is 25.2 Å². The quantitative estimate of drug-likeness (QED) is 0.805. The molecular formula is C13H18FNO4S. The molecule has 0 amide bonds. The summed E-state index contributed by atoms with van der Waals surface area (Å²) in [7, 11) is -3.90. The van der Waals surface area contributed by atoms with Crippen molar-refractivity contribution < 1.29 is 22.7 Å². The Morgan fingerprint density at radius 2 is 2.05 bits per heavy atom. The summed E-state index contributed by atoms with van der Waals surface area (Å²) in [6, 6.07) is 4.56. The number of rotatable bonds is 7. The Morgan fingerprint density at radius 1 is 1.40 bits per heavy atom. The molecule has 0 aliphatic carbocycles. The Labute approximate surface area is 117 Å². The Balaban J connectivity index is 2.78. The van der Waals surface area contributed by atoms with E-state index in [0.717, 1.165) is 12.1 Å². The van der Waals surface area contributed by atoms with Gasteiger partial charge in [0.05, 0.1) is 10.8 Å². The smallest absolute Gasteiger partial charge is 0.307 e. The highest BCUT2D eigenvalue weighted by Crippen LogP contribution is 2.14. The zero-order chi connectivity index (χ0) is 15.3. The van der Waals surface area contributed by atoms with Crippen molar-refractivity contribution in [1.82, 2.24) is 4.72 Å². The molecular weight excluding hydrogens is 285 g/mol. The fourth-order valence-electron chi connectivity index (χ4n) is 1.77. The lowest BCUT2D eigenvalue weighted by Gasteiger charge is -2.15. The first-order valence-electron chi connectivity index (χ1n) is 6.20. The van der Waals surface area contributed by atoms with Gasteiger partial charge in [0, 0.05) is 6.54 Å². The Bertz CT molecular complexity index is 571. The highest BCUT2D eigenvalue weighted by molar-refractivity contribution is 7.89. The van der Waals surface area contributed by atoms with Crippen LogP contribution in [0.2, 0.25) is 0 Å². The van der Waals surface area contributed by atoms with Gasteiger partial charge in [-0.15, -0.1) is 0 Å². The predicted octanol–water partition coefficient (Wildman–Crippen LogP) is 1.85. The van der Waals surface area contributed by atoms with Crippen LogP contribution in [0.25, 0.3) is 0 Å². The van der Waals surface area contributed by atoms with Crippen LogP contribution in [0, 0.1) is 17.7 Å². The summed E-state index contributed by atoms with van der Waals surface area (Å²) in [5.41, 5.74) is 0. The normalized spacial score (nSPS) is 13.4. The standard InChI is InChI=1S/C13H18FNO4S/c1-9(2)6-10(13(16)17)8-15-20(18,19)12-5-3-4-11(14)7-12/h3-5,7,9-10,15H,6,8H2,1-2H3,(H,16,17). The maximum absolute atomic E-state index is 13.0. The minimum absolute atomic E-state index is 0.134. The third kappa shape index (κ3) is 4.90. The van der Waals surface area contributed by atoms with E-state index in [-0.39, 0.29) is 17.4 Å². The van der Waals surface area contributed by atoms with Gasteiger partial charge in [0.2, 0.25) is 10.0 Å². The van der Waals surface area contributed by atoms with Crippen LogP contribution < -0.4 is 4.72 Å².